The Hall–Kier alpha value is -1.50. The number of rotatable bonds is 5. The molecule has 0 saturated heterocycles. The summed E-state index contributed by atoms with van der Waals surface area (Å²) in [6.07, 6.45) is 7.95. The minimum absolute atomic E-state index is 0.0399. The molecule has 0 spiro atoms. The van der Waals surface area contributed by atoms with Crippen molar-refractivity contribution < 1.29 is 4.79 Å². The predicted molar refractivity (Wildman–Crippen MR) is 101 cm³/mol. The van der Waals surface area contributed by atoms with Crippen molar-refractivity contribution >= 4 is 27.8 Å². The molecule has 1 amide bonds. The van der Waals surface area contributed by atoms with Crippen molar-refractivity contribution in [3.63, 3.8) is 0 Å². The number of aryl methyl sites for hydroxylation is 1. The monoisotopic (exact) mass is 397 g/mol. The Kier molecular flexibility index (Phi) is 7.15. The fourth-order valence-corrected chi connectivity index (χ4v) is 3.68. The fraction of sp³-hybridized carbons (Fsp3) is 0.647. The van der Waals surface area contributed by atoms with Crippen LogP contribution in [-0.2, 0) is 18.4 Å². The van der Waals surface area contributed by atoms with Crippen molar-refractivity contribution in [2.45, 2.75) is 44.7 Å². The first-order valence-electron chi connectivity index (χ1n) is 8.51. The first-order valence-corrected chi connectivity index (χ1v) is 9.30. The Labute approximate surface area is 152 Å². The summed E-state index contributed by atoms with van der Waals surface area (Å²) < 4.78 is 3.13. The number of aromatic nitrogens is 1. The lowest BCUT2D eigenvalue weighted by atomic mass is 9.95. The van der Waals surface area contributed by atoms with E-state index in [4.69, 9.17) is 0 Å². The third-order valence-corrected chi connectivity index (χ3v) is 4.86. The van der Waals surface area contributed by atoms with E-state index in [9.17, 15) is 4.79 Å². The summed E-state index contributed by atoms with van der Waals surface area (Å²) in [5.41, 5.74) is 1.17. The molecule has 0 unspecified atom stereocenters. The quantitative estimate of drug-likeness (QED) is 0.591. The number of nitrogens with zero attached hydrogens (tertiary/aromatic N) is 3. The number of carbonyl (C=O) groups is 1. The molecule has 0 radical (unpaired) electrons. The van der Waals surface area contributed by atoms with E-state index < -0.39 is 0 Å². The molecule has 7 heteroatoms. The van der Waals surface area contributed by atoms with Crippen LogP contribution < -0.4 is 10.6 Å². The molecule has 0 bridgehead atoms. The van der Waals surface area contributed by atoms with Crippen LogP contribution in [0.25, 0.3) is 0 Å². The second-order valence-corrected chi connectivity index (χ2v) is 7.34. The molecule has 1 aliphatic carbocycles. The van der Waals surface area contributed by atoms with Crippen LogP contribution in [0.2, 0.25) is 0 Å². The number of hydrogen-bond acceptors (Lipinski definition) is 2. The molecular formula is C17H28BrN5O. The number of guanidine groups is 1. The fourth-order valence-electron chi connectivity index (χ4n) is 3.11. The van der Waals surface area contributed by atoms with Gasteiger partial charge in [0, 0.05) is 43.5 Å². The van der Waals surface area contributed by atoms with Gasteiger partial charge in [-0.15, -0.1) is 0 Å². The Balaban J connectivity index is 1.80. The Morgan fingerprint density at radius 3 is 2.71 bits per heavy atom. The molecule has 24 heavy (non-hydrogen) atoms. The summed E-state index contributed by atoms with van der Waals surface area (Å²) >= 11 is 3.49. The van der Waals surface area contributed by atoms with Gasteiger partial charge in [-0.05, 0) is 34.8 Å². The molecule has 6 nitrogen and oxygen atoms in total. The second-order valence-electron chi connectivity index (χ2n) is 6.42. The molecule has 0 aromatic carbocycles. The largest absolute Gasteiger partial charge is 0.352 e. The first-order chi connectivity index (χ1) is 11.5. The summed E-state index contributed by atoms with van der Waals surface area (Å²) in [7, 11) is 5.72. The van der Waals surface area contributed by atoms with E-state index >= 15 is 0 Å². The average Bonchev–Trinajstić information content (AvgIpc) is 2.86. The van der Waals surface area contributed by atoms with Crippen molar-refractivity contribution in [1.82, 2.24) is 20.1 Å². The minimum atomic E-state index is 0.0399. The van der Waals surface area contributed by atoms with Gasteiger partial charge in [0.1, 0.15) is 0 Å². The van der Waals surface area contributed by atoms with Crippen molar-refractivity contribution in [1.29, 1.82) is 0 Å². The lowest BCUT2D eigenvalue weighted by Crippen LogP contribution is -2.46. The molecule has 134 valence electrons. The third kappa shape index (κ3) is 5.54. The summed E-state index contributed by atoms with van der Waals surface area (Å²) in [5, 5.41) is 6.26. The summed E-state index contributed by atoms with van der Waals surface area (Å²) in [4.78, 5) is 18.4. The lowest BCUT2D eigenvalue weighted by molar-refractivity contribution is -0.120. The lowest BCUT2D eigenvalue weighted by Gasteiger charge is -2.24. The molecule has 0 aliphatic heterocycles. The molecule has 1 aromatic rings. The Morgan fingerprint density at radius 1 is 1.42 bits per heavy atom. The van der Waals surface area contributed by atoms with Gasteiger partial charge in [-0.3, -0.25) is 9.79 Å². The maximum atomic E-state index is 12.1. The summed E-state index contributed by atoms with van der Waals surface area (Å²) in [6, 6.07) is 2.42. The number of carbonyl (C=O) groups excluding carboxylic acids is 1. The molecule has 1 heterocycles. The minimum Gasteiger partial charge on any atom is -0.352 e. The highest BCUT2D eigenvalue weighted by atomic mass is 79.9. The van der Waals surface area contributed by atoms with Gasteiger partial charge in [-0.25, -0.2) is 0 Å². The highest BCUT2D eigenvalue weighted by Gasteiger charge is 2.16. The van der Waals surface area contributed by atoms with Crippen LogP contribution >= 0.6 is 15.9 Å². The van der Waals surface area contributed by atoms with Crippen molar-refractivity contribution in [3.05, 3.63) is 22.4 Å². The number of amides is 1. The van der Waals surface area contributed by atoms with Gasteiger partial charge >= 0.3 is 0 Å². The molecule has 1 aromatic heterocycles. The van der Waals surface area contributed by atoms with Crippen molar-refractivity contribution in [2.75, 3.05) is 20.6 Å². The number of nitrogens with one attached hydrogen (secondary N) is 2. The zero-order valence-electron chi connectivity index (χ0n) is 14.8. The smallest absolute Gasteiger partial charge is 0.239 e. The summed E-state index contributed by atoms with van der Waals surface area (Å²) in [5.74, 6) is 0.754. The van der Waals surface area contributed by atoms with Gasteiger partial charge in [0.15, 0.2) is 5.96 Å². The van der Waals surface area contributed by atoms with Crippen LogP contribution in [0.5, 0.6) is 0 Å². The van der Waals surface area contributed by atoms with Gasteiger partial charge in [0.2, 0.25) is 5.91 Å². The van der Waals surface area contributed by atoms with Crippen LogP contribution in [0.4, 0.5) is 0 Å². The zero-order chi connectivity index (χ0) is 17.5. The molecule has 2 N–H and O–H groups in total. The highest BCUT2D eigenvalue weighted by molar-refractivity contribution is 9.10. The zero-order valence-corrected chi connectivity index (χ0v) is 16.4. The van der Waals surface area contributed by atoms with E-state index in [0.717, 1.165) is 17.3 Å². The van der Waals surface area contributed by atoms with Crippen LogP contribution in [0.1, 0.15) is 37.8 Å². The van der Waals surface area contributed by atoms with Crippen LogP contribution in [0.3, 0.4) is 0 Å². The Bertz CT molecular complexity index is 578. The number of halogens is 1. The van der Waals surface area contributed by atoms with Crippen LogP contribution in [0, 0.1) is 0 Å². The molecule has 1 saturated carbocycles. The number of hydrogen-bond donors (Lipinski definition) is 2. The molecule has 1 aliphatic rings. The molecule has 2 rings (SSSR count). The van der Waals surface area contributed by atoms with Gasteiger partial charge in [0.05, 0.1) is 13.1 Å². The van der Waals surface area contributed by atoms with E-state index in [0.29, 0.717) is 18.5 Å². The van der Waals surface area contributed by atoms with E-state index in [-0.39, 0.29) is 12.5 Å². The van der Waals surface area contributed by atoms with Crippen molar-refractivity contribution in [2.24, 2.45) is 12.0 Å². The summed E-state index contributed by atoms with van der Waals surface area (Å²) in [6.45, 7) is 0.969. The SMILES string of the molecule is CN=C(NCC(=O)NC1CCCCC1)N(C)Cc1cc(Br)cn1C. The normalized spacial score (nSPS) is 16.1. The van der Waals surface area contributed by atoms with E-state index in [2.05, 4.69) is 42.2 Å². The second kappa shape index (κ2) is 9.11. The van der Waals surface area contributed by atoms with Gasteiger partial charge < -0.3 is 20.1 Å². The van der Waals surface area contributed by atoms with Crippen LogP contribution in [0.15, 0.2) is 21.7 Å². The third-order valence-electron chi connectivity index (χ3n) is 4.42. The standard InChI is InChI=1S/C17H28BrN5O/c1-19-17(23(3)12-15-9-13(18)11-22(15)2)20-10-16(24)21-14-7-5-4-6-8-14/h9,11,14H,4-8,10,12H2,1-3H3,(H,19,20)(H,21,24). The highest BCUT2D eigenvalue weighted by Crippen LogP contribution is 2.17. The van der Waals surface area contributed by atoms with Crippen molar-refractivity contribution in [3.8, 4) is 0 Å². The van der Waals surface area contributed by atoms with E-state index in [1.807, 2.05) is 25.2 Å². The molecule has 1 fully saturated rings. The van der Waals surface area contributed by atoms with Gasteiger partial charge in [0.25, 0.3) is 0 Å². The van der Waals surface area contributed by atoms with Gasteiger partial charge in [-0.1, -0.05) is 19.3 Å². The predicted octanol–water partition coefficient (Wildman–Crippen LogP) is 2.24. The van der Waals surface area contributed by atoms with Crippen LogP contribution in [-0.4, -0.2) is 48.0 Å². The first kappa shape index (κ1) is 18.8. The number of aliphatic imine (C=N–C) groups is 1. The Morgan fingerprint density at radius 2 is 2.12 bits per heavy atom. The maximum absolute atomic E-state index is 12.1. The topological polar surface area (TPSA) is 61.7 Å². The maximum Gasteiger partial charge on any atom is 0.239 e. The van der Waals surface area contributed by atoms with E-state index in [1.165, 1.54) is 25.0 Å². The van der Waals surface area contributed by atoms with E-state index in [1.54, 1.807) is 7.05 Å². The van der Waals surface area contributed by atoms with Gasteiger partial charge in [-0.2, -0.15) is 0 Å². The molecular weight excluding hydrogens is 370 g/mol. The molecule has 0 atom stereocenters. The average molecular weight is 398 g/mol.